The molecule has 3 fully saturated rings. The minimum Gasteiger partial charge on any atom is -0.377 e. The van der Waals surface area contributed by atoms with E-state index in [0.29, 0.717) is 54.2 Å². The topological polar surface area (TPSA) is 71.3 Å². The van der Waals surface area contributed by atoms with Crippen LogP contribution in [0.1, 0.15) is 61.3 Å². The summed E-state index contributed by atoms with van der Waals surface area (Å²) >= 11 is 0. The molecule has 3 aliphatic heterocycles. The molecule has 8 nitrogen and oxygen atoms in total. The maximum absolute atomic E-state index is 15.4. The lowest BCUT2D eigenvalue weighted by Gasteiger charge is -2.47. The van der Waals surface area contributed by atoms with Gasteiger partial charge in [-0.2, -0.15) is 4.39 Å². The van der Waals surface area contributed by atoms with Gasteiger partial charge in [0.2, 0.25) is 5.95 Å². The Hall–Kier alpha value is -2.92. The summed E-state index contributed by atoms with van der Waals surface area (Å²) in [5, 5.41) is 3.42. The number of ether oxygens (including phenoxy) is 2. The fourth-order valence-corrected chi connectivity index (χ4v) is 6.96. The normalized spacial score (nSPS) is 22.7. The molecule has 0 spiro atoms. The molecular weight excluding hydrogens is 552 g/mol. The zero-order valence-electron chi connectivity index (χ0n) is 25.6. The highest BCUT2D eigenvalue weighted by molar-refractivity contribution is 6.03. The smallest absolute Gasteiger partial charge is 0.254 e. The number of amides is 1. The molecule has 6 rings (SSSR count). The second kappa shape index (κ2) is 12.6. The highest BCUT2D eigenvalue weighted by atomic mass is 19.1. The Morgan fingerprint density at radius 2 is 1.98 bits per heavy atom. The number of aromatic nitrogens is 2. The number of benzene rings is 1. The van der Waals surface area contributed by atoms with Crippen LogP contribution in [0, 0.1) is 24.6 Å². The monoisotopic (exact) mass is 595 g/mol. The van der Waals surface area contributed by atoms with Crippen molar-refractivity contribution < 1.29 is 23.0 Å². The molecule has 2 aromatic heterocycles. The van der Waals surface area contributed by atoms with Gasteiger partial charge in [0.15, 0.2) is 0 Å². The Balaban J connectivity index is 1.30. The summed E-state index contributed by atoms with van der Waals surface area (Å²) in [6, 6.07) is 6.50. The van der Waals surface area contributed by atoms with Crippen molar-refractivity contribution in [3.63, 3.8) is 0 Å². The van der Waals surface area contributed by atoms with Gasteiger partial charge in [-0.25, -0.2) is 9.37 Å². The van der Waals surface area contributed by atoms with E-state index < -0.39 is 11.8 Å². The summed E-state index contributed by atoms with van der Waals surface area (Å²) in [7, 11) is 0. The number of nitrogens with one attached hydrogen (secondary N) is 1. The molecule has 1 N–H and O–H groups in total. The number of hydrogen-bond acceptors (Lipinski definition) is 6. The predicted octanol–water partition coefficient (Wildman–Crippen LogP) is 4.64. The molecular formula is C33H43F2N5O3. The maximum atomic E-state index is 15.4. The van der Waals surface area contributed by atoms with Crippen molar-refractivity contribution >= 4 is 11.4 Å². The third kappa shape index (κ3) is 6.07. The lowest BCUT2D eigenvalue weighted by atomic mass is 9.85. The number of nitrogens with zero attached hydrogens (tertiary/aromatic N) is 4. The average Bonchev–Trinajstić information content (AvgIpc) is 3.26. The lowest BCUT2D eigenvalue weighted by molar-refractivity contribution is 0.00361. The summed E-state index contributed by atoms with van der Waals surface area (Å²) in [5.74, 6) is -0.0938. The first kappa shape index (κ1) is 30.1. The van der Waals surface area contributed by atoms with Gasteiger partial charge >= 0.3 is 0 Å². The summed E-state index contributed by atoms with van der Waals surface area (Å²) in [6.45, 7) is 13.9. The van der Waals surface area contributed by atoms with Gasteiger partial charge in [0.1, 0.15) is 17.2 Å². The number of morpholine rings is 2. The van der Waals surface area contributed by atoms with Crippen LogP contribution < -0.4 is 5.32 Å². The summed E-state index contributed by atoms with van der Waals surface area (Å²) in [4.78, 5) is 22.2. The van der Waals surface area contributed by atoms with E-state index in [-0.39, 0.29) is 29.5 Å². The number of pyridine rings is 1. The van der Waals surface area contributed by atoms with Crippen LogP contribution in [0.25, 0.3) is 16.6 Å². The van der Waals surface area contributed by atoms with Crippen molar-refractivity contribution in [2.24, 2.45) is 5.92 Å². The maximum Gasteiger partial charge on any atom is 0.254 e. The second-order valence-corrected chi connectivity index (χ2v) is 12.7. The highest BCUT2D eigenvalue weighted by Gasteiger charge is 2.36. The minimum atomic E-state index is -0.601. The molecule has 10 heteroatoms. The van der Waals surface area contributed by atoms with Gasteiger partial charge in [0.05, 0.1) is 37.5 Å². The Kier molecular flexibility index (Phi) is 8.82. The fraction of sp³-hybridized carbons (Fsp3) is 0.576. The van der Waals surface area contributed by atoms with E-state index in [9.17, 15) is 9.18 Å². The standard InChI is InChI=1S/C33H43F2N5O3/c1-20(2)30(8-6-26-15-36-9-11-43-26)38-16-24(17-38)23-13-28(31-32(35)37-22(4)40(31)18-23)27-7-5-25(34)14-29(27)33(41)39-10-12-42-19-21(39)3/h5,7,13-14,18,20-21,24,26,30,36H,6,8-12,15-17,19H2,1-4H3/t21-,26+,30-/m1/s1. The Labute approximate surface area is 252 Å². The van der Waals surface area contributed by atoms with Crippen molar-refractivity contribution in [2.75, 3.05) is 52.5 Å². The fourth-order valence-electron chi connectivity index (χ4n) is 6.96. The molecule has 0 unspecified atom stereocenters. The average molecular weight is 596 g/mol. The molecule has 3 atom stereocenters. The third-order valence-electron chi connectivity index (χ3n) is 9.43. The number of carbonyl (C=O) groups excluding carboxylic acids is 1. The van der Waals surface area contributed by atoms with Gasteiger partial charge in [0.25, 0.3) is 5.91 Å². The van der Waals surface area contributed by atoms with Crippen LogP contribution >= 0.6 is 0 Å². The van der Waals surface area contributed by atoms with Gasteiger partial charge in [-0.1, -0.05) is 19.9 Å². The number of halogens is 2. The van der Waals surface area contributed by atoms with Gasteiger partial charge in [0, 0.05) is 56.4 Å². The van der Waals surface area contributed by atoms with Gasteiger partial charge in [-0.15, -0.1) is 0 Å². The zero-order valence-corrected chi connectivity index (χ0v) is 25.6. The lowest BCUT2D eigenvalue weighted by Crippen LogP contribution is -2.53. The SMILES string of the molecule is Cc1nc(F)c2c(-c3ccc(F)cc3C(=O)N3CCOC[C@H]3C)cc(C3CN([C@H](CC[C@H]4CNCCO4)C(C)C)C3)cn12. The Bertz CT molecular complexity index is 1460. The molecule has 3 aliphatic rings. The molecule has 232 valence electrons. The van der Waals surface area contributed by atoms with E-state index in [4.69, 9.17) is 9.47 Å². The van der Waals surface area contributed by atoms with Crippen LogP contribution in [0.3, 0.4) is 0 Å². The number of rotatable bonds is 8. The van der Waals surface area contributed by atoms with E-state index in [1.54, 1.807) is 22.3 Å². The quantitative estimate of drug-likeness (QED) is 0.409. The molecule has 5 heterocycles. The van der Waals surface area contributed by atoms with E-state index in [1.807, 2.05) is 19.2 Å². The molecule has 1 aromatic carbocycles. The molecule has 43 heavy (non-hydrogen) atoms. The molecule has 3 aromatic rings. The van der Waals surface area contributed by atoms with Crippen LogP contribution in [-0.2, 0) is 9.47 Å². The predicted molar refractivity (Wildman–Crippen MR) is 161 cm³/mol. The van der Waals surface area contributed by atoms with Crippen LogP contribution in [0.2, 0.25) is 0 Å². The van der Waals surface area contributed by atoms with Gasteiger partial charge in [-0.05, 0) is 61.9 Å². The van der Waals surface area contributed by atoms with Gasteiger partial charge in [-0.3, -0.25) is 9.69 Å². The van der Waals surface area contributed by atoms with Crippen LogP contribution in [0.4, 0.5) is 8.78 Å². The molecule has 0 bridgehead atoms. The number of aryl methyl sites for hydroxylation is 1. The van der Waals surface area contributed by atoms with Crippen molar-refractivity contribution in [1.82, 2.24) is 24.5 Å². The number of hydrogen-bond donors (Lipinski definition) is 1. The molecule has 0 aliphatic carbocycles. The first-order valence-electron chi connectivity index (χ1n) is 15.6. The van der Waals surface area contributed by atoms with Crippen LogP contribution in [0.15, 0.2) is 30.5 Å². The molecule has 0 saturated carbocycles. The summed E-state index contributed by atoms with van der Waals surface area (Å²) < 4.78 is 43.2. The van der Waals surface area contributed by atoms with E-state index in [0.717, 1.165) is 51.2 Å². The zero-order chi connectivity index (χ0) is 30.2. The van der Waals surface area contributed by atoms with Crippen molar-refractivity contribution in [3.05, 3.63) is 59.2 Å². The van der Waals surface area contributed by atoms with E-state index in [1.165, 1.54) is 12.1 Å². The largest absolute Gasteiger partial charge is 0.377 e. The Morgan fingerprint density at radius 3 is 2.70 bits per heavy atom. The van der Waals surface area contributed by atoms with Crippen molar-refractivity contribution in [1.29, 1.82) is 0 Å². The van der Waals surface area contributed by atoms with E-state index in [2.05, 4.69) is 29.0 Å². The van der Waals surface area contributed by atoms with Crippen LogP contribution in [0.5, 0.6) is 0 Å². The third-order valence-corrected chi connectivity index (χ3v) is 9.43. The first-order chi connectivity index (χ1) is 20.7. The summed E-state index contributed by atoms with van der Waals surface area (Å²) in [6.07, 6.45) is 4.36. The Morgan fingerprint density at radius 1 is 1.16 bits per heavy atom. The van der Waals surface area contributed by atoms with E-state index >= 15 is 4.39 Å². The second-order valence-electron chi connectivity index (χ2n) is 12.7. The van der Waals surface area contributed by atoms with Crippen molar-refractivity contribution in [3.8, 4) is 11.1 Å². The number of fused-ring (bicyclic) bond motifs is 1. The number of carbonyl (C=O) groups is 1. The minimum absolute atomic E-state index is 0.145. The molecule has 3 saturated heterocycles. The van der Waals surface area contributed by atoms with Gasteiger partial charge < -0.3 is 24.1 Å². The summed E-state index contributed by atoms with van der Waals surface area (Å²) in [5.41, 5.74) is 2.65. The number of imidazole rings is 1. The molecule has 0 radical (unpaired) electrons. The molecule has 1 amide bonds. The number of likely N-dealkylation sites (tertiary alicyclic amines) is 1. The van der Waals surface area contributed by atoms with Crippen LogP contribution in [-0.4, -0.2) is 95.8 Å². The van der Waals surface area contributed by atoms with Crippen molar-refractivity contribution in [2.45, 2.75) is 64.6 Å². The highest BCUT2D eigenvalue weighted by Crippen LogP contribution is 2.38. The first-order valence-corrected chi connectivity index (χ1v) is 15.6.